The summed E-state index contributed by atoms with van der Waals surface area (Å²) in [4.78, 5) is 11.7. The number of hydrogen-bond acceptors (Lipinski definition) is 7. The van der Waals surface area contributed by atoms with E-state index >= 15 is 0 Å². The van der Waals surface area contributed by atoms with Gasteiger partial charge in [-0.15, -0.1) is 10.2 Å². The van der Waals surface area contributed by atoms with Crippen molar-refractivity contribution in [2.45, 2.75) is 26.7 Å². The van der Waals surface area contributed by atoms with Crippen LogP contribution in [0, 0.1) is 12.8 Å². The van der Waals surface area contributed by atoms with E-state index in [0.717, 1.165) is 42.1 Å². The Bertz CT molecular complexity index is 592. The second kappa shape index (κ2) is 6.03. The summed E-state index contributed by atoms with van der Waals surface area (Å²) in [5, 5.41) is 11.8. The molecule has 7 heteroatoms. The average Bonchev–Trinajstić information content (AvgIpc) is 2.85. The van der Waals surface area contributed by atoms with Gasteiger partial charge in [-0.1, -0.05) is 25.2 Å². The van der Waals surface area contributed by atoms with E-state index in [1.807, 2.05) is 13.0 Å². The van der Waals surface area contributed by atoms with Gasteiger partial charge in [-0.25, -0.2) is 9.97 Å². The molecule has 1 aliphatic rings. The molecule has 1 N–H and O–H groups in total. The molecule has 0 bridgehead atoms. The smallest absolute Gasteiger partial charge is 0.210 e. The molecule has 6 nitrogen and oxygen atoms in total. The lowest BCUT2D eigenvalue weighted by Gasteiger charge is -2.39. The van der Waals surface area contributed by atoms with Gasteiger partial charge in [0.25, 0.3) is 0 Å². The summed E-state index contributed by atoms with van der Waals surface area (Å²) in [6.07, 6.45) is 0. The van der Waals surface area contributed by atoms with Crippen LogP contribution >= 0.6 is 11.3 Å². The van der Waals surface area contributed by atoms with Gasteiger partial charge in [0.2, 0.25) is 5.13 Å². The van der Waals surface area contributed by atoms with Crippen LogP contribution in [-0.4, -0.2) is 44.7 Å². The molecule has 3 rings (SSSR count). The van der Waals surface area contributed by atoms with Gasteiger partial charge in [0, 0.05) is 37.3 Å². The third-order valence-electron chi connectivity index (χ3n) is 3.41. The molecule has 2 aromatic rings. The monoisotopic (exact) mass is 304 g/mol. The molecule has 2 aromatic heterocycles. The summed E-state index contributed by atoms with van der Waals surface area (Å²) in [6, 6.07) is 1.94. The highest BCUT2D eigenvalue weighted by molar-refractivity contribution is 7.13. The molecule has 3 heterocycles. The van der Waals surface area contributed by atoms with E-state index < -0.39 is 0 Å². The normalized spacial score (nSPS) is 16.2. The van der Waals surface area contributed by atoms with E-state index in [4.69, 9.17) is 0 Å². The Hall–Kier alpha value is -1.60. The Morgan fingerprint density at radius 2 is 2.19 bits per heavy atom. The van der Waals surface area contributed by atoms with E-state index in [2.05, 4.69) is 44.2 Å². The largest absolute Gasteiger partial charge is 0.315 e. The van der Waals surface area contributed by atoms with Gasteiger partial charge in [0.1, 0.15) is 17.2 Å². The average molecular weight is 304 g/mol. The van der Waals surface area contributed by atoms with Crippen LogP contribution in [0.3, 0.4) is 0 Å². The van der Waals surface area contributed by atoms with E-state index in [1.165, 1.54) is 11.3 Å². The Morgan fingerprint density at radius 1 is 1.38 bits per heavy atom. The first-order valence-corrected chi connectivity index (χ1v) is 8.09. The van der Waals surface area contributed by atoms with Crippen molar-refractivity contribution in [2.75, 3.05) is 25.0 Å². The quantitative estimate of drug-likeness (QED) is 0.915. The summed E-state index contributed by atoms with van der Waals surface area (Å²) in [7, 11) is 0. The molecule has 0 spiro atoms. The molecule has 1 saturated heterocycles. The fraction of sp³-hybridized carbons (Fsp3) is 0.571. The molecule has 0 saturated carbocycles. The van der Waals surface area contributed by atoms with Crippen molar-refractivity contribution in [3.8, 4) is 0 Å². The highest BCUT2D eigenvalue weighted by Gasteiger charge is 2.30. The van der Waals surface area contributed by atoms with Gasteiger partial charge in [-0.05, 0) is 12.8 Å². The second-order valence-corrected chi connectivity index (χ2v) is 6.76. The number of anilines is 2. The van der Waals surface area contributed by atoms with Gasteiger partial charge in [0.15, 0.2) is 0 Å². The van der Waals surface area contributed by atoms with Crippen molar-refractivity contribution in [1.29, 1.82) is 0 Å². The van der Waals surface area contributed by atoms with E-state index in [0.29, 0.717) is 11.8 Å². The highest BCUT2D eigenvalue weighted by Crippen LogP contribution is 2.27. The maximum Gasteiger partial charge on any atom is 0.210 e. The van der Waals surface area contributed by atoms with Crippen LogP contribution in [0.4, 0.5) is 10.9 Å². The summed E-state index contributed by atoms with van der Waals surface area (Å²) < 4.78 is 0. The number of aromatic nitrogens is 4. The summed E-state index contributed by atoms with van der Waals surface area (Å²) in [5.41, 5.74) is 2.68. The summed E-state index contributed by atoms with van der Waals surface area (Å²) in [5.74, 6) is 2.89. The van der Waals surface area contributed by atoms with Crippen LogP contribution in [0.15, 0.2) is 11.6 Å². The fourth-order valence-corrected chi connectivity index (χ4v) is 3.03. The van der Waals surface area contributed by atoms with Crippen molar-refractivity contribution in [3.63, 3.8) is 0 Å². The van der Waals surface area contributed by atoms with Crippen molar-refractivity contribution in [1.82, 2.24) is 25.1 Å². The Labute approximate surface area is 128 Å². The zero-order chi connectivity index (χ0) is 14.8. The lowest BCUT2D eigenvalue weighted by atomic mass is 9.97. The number of nitrogens with one attached hydrogen (secondary N) is 1. The van der Waals surface area contributed by atoms with Crippen LogP contribution in [0.1, 0.15) is 31.3 Å². The van der Waals surface area contributed by atoms with E-state index in [-0.39, 0.29) is 0 Å². The first-order valence-electron chi connectivity index (χ1n) is 7.21. The van der Waals surface area contributed by atoms with Crippen LogP contribution in [0.25, 0.3) is 0 Å². The van der Waals surface area contributed by atoms with Gasteiger partial charge in [0.05, 0.1) is 0 Å². The molecular formula is C14H20N6S. The third-order valence-corrected chi connectivity index (χ3v) is 4.02. The zero-order valence-corrected chi connectivity index (χ0v) is 13.4. The fourth-order valence-electron chi connectivity index (χ4n) is 2.57. The lowest BCUT2D eigenvalue weighted by molar-refractivity contribution is 0.126. The van der Waals surface area contributed by atoms with Crippen molar-refractivity contribution >= 4 is 22.3 Å². The van der Waals surface area contributed by atoms with Gasteiger partial charge in [-0.3, -0.25) is 0 Å². The summed E-state index contributed by atoms with van der Waals surface area (Å²) in [6.45, 7) is 9.76. The van der Waals surface area contributed by atoms with Crippen LogP contribution in [0.2, 0.25) is 0 Å². The Kier molecular flexibility index (Phi) is 4.12. The molecule has 0 unspecified atom stereocenters. The first kappa shape index (κ1) is 14.3. The number of likely N-dealkylation sites (tertiary alicyclic amines) is 1. The SMILES string of the molecule is Cc1cc(Nc2nncs2)nc(C2CN(CC(C)C)C2)n1. The van der Waals surface area contributed by atoms with Crippen LogP contribution < -0.4 is 5.32 Å². The second-order valence-electron chi connectivity index (χ2n) is 5.93. The van der Waals surface area contributed by atoms with Crippen LogP contribution in [-0.2, 0) is 0 Å². The predicted octanol–water partition coefficient (Wildman–Crippen LogP) is 2.44. The zero-order valence-electron chi connectivity index (χ0n) is 12.6. The van der Waals surface area contributed by atoms with Crippen LogP contribution in [0.5, 0.6) is 0 Å². The van der Waals surface area contributed by atoms with Gasteiger partial charge >= 0.3 is 0 Å². The standard InChI is InChI=1S/C14H20N6S/c1-9(2)5-20-6-11(7-20)13-16-10(3)4-12(17-13)18-14-19-15-8-21-14/h4,8-9,11H,5-7H2,1-3H3,(H,16,17,18,19). The van der Waals surface area contributed by atoms with Gasteiger partial charge in [-0.2, -0.15) is 0 Å². The number of nitrogens with zero attached hydrogens (tertiary/aromatic N) is 5. The Morgan fingerprint density at radius 3 is 2.86 bits per heavy atom. The number of aryl methyl sites for hydroxylation is 1. The molecule has 1 fully saturated rings. The molecule has 0 aromatic carbocycles. The van der Waals surface area contributed by atoms with E-state index in [1.54, 1.807) is 5.51 Å². The minimum atomic E-state index is 0.443. The van der Waals surface area contributed by atoms with E-state index in [9.17, 15) is 0 Å². The molecule has 112 valence electrons. The van der Waals surface area contributed by atoms with Crippen molar-refractivity contribution in [2.24, 2.45) is 5.92 Å². The maximum absolute atomic E-state index is 4.63. The Balaban J connectivity index is 1.68. The number of rotatable bonds is 5. The van der Waals surface area contributed by atoms with Crippen molar-refractivity contribution in [3.05, 3.63) is 23.1 Å². The molecular weight excluding hydrogens is 284 g/mol. The molecule has 21 heavy (non-hydrogen) atoms. The number of hydrogen-bond donors (Lipinski definition) is 1. The molecule has 0 atom stereocenters. The predicted molar refractivity (Wildman–Crippen MR) is 84.0 cm³/mol. The molecule has 0 amide bonds. The topological polar surface area (TPSA) is 66.8 Å². The molecule has 0 radical (unpaired) electrons. The third kappa shape index (κ3) is 3.54. The maximum atomic E-state index is 4.63. The summed E-state index contributed by atoms with van der Waals surface area (Å²) >= 11 is 1.46. The van der Waals surface area contributed by atoms with Crippen molar-refractivity contribution < 1.29 is 0 Å². The lowest BCUT2D eigenvalue weighted by Crippen LogP contribution is -2.47. The minimum absolute atomic E-state index is 0.443. The molecule has 1 aliphatic heterocycles. The molecule has 0 aliphatic carbocycles. The minimum Gasteiger partial charge on any atom is -0.315 e. The van der Waals surface area contributed by atoms with Gasteiger partial charge < -0.3 is 10.2 Å². The first-order chi connectivity index (χ1) is 10.1. The highest BCUT2D eigenvalue weighted by atomic mass is 32.1.